The summed E-state index contributed by atoms with van der Waals surface area (Å²) in [4.78, 5) is 23.0. The third-order valence-corrected chi connectivity index (χ3v) is 5.51. The molecule has 1 atom stereocenters. The summed E-state index contributed by atoms with van der Waals surface area (Å²) in [5, 5.41) is 10.4. The molecular formula is C14H24N6O2S. The highest BCUT2D eigenvalue weighted by atomic mass is 32.2. The van der Waals surface area contributed by atoms with Crippen LogP contribution in [0.2, 0.25) is 0 Å². The Morgan fingerprint density at radius 2 is 1.91 bits per heavy atom. The number of nitrogens with zero attached hydrogens (tertiary/aromatic N) is 3. The number of aromatic nitrogens is 3. The third kappa shape index (κ3) is 4.37. The van der Waals surface area contributed by atoms with E-state index in [2.05, 4.69) is 15.5 Å². The van der Waals surface area contributed by atoms with Crippen LogP contribution in [0, 0.1) is 5.92 Å². The molecule has 1 saturated carbocycles. The van der Waals surface area contributed by atoms with Crippen molar-refractivity contribution < 1.29 is 9.59 Å². The maximum absolute atomic E-state index is 12.1. The van der Waals surface area contributed by atoms with Gasteiger partial charge < -0.3 is 11.6 Å². The Bertz CT molecular complexity index is 568. The number of nitrogens with two attached hydrogens (primary N) is 2. The Labute approximate surface area is 139 Å². The van der Waals surface area contributed by atoms with E-state index < -0.39 is 17.2 Å². The van der Waals surface area contributed by atoms with Gasteiger partial charge in [-0.05, 0) is 18.8 Å². The summed E-state index contributed by atoms with van der Waals surface area (Å²) >= 11 is 1.20. The largest absolute Gasteiger partial charge is 0.351 e. The normalized spacial score (nSPS) is 17.2. The molecule has 0 bridgehead atoms. The van der Waals surface area contributed by atoms with E-state index in [0.29, 0.717) is 11.1 Å². The molecule has 3 amide bonds. The molecule has 5 N–H and O–H groups in total. The van der Waals surface area contributed by atoms with Crippen molar-refractivity contribution in [3.8, 4) is 0 Å². The average Bonchev–Trinajstić information content (AvgIpc) is 2.85. The van der Waals surface area contributed by atoms with Crippen LogP contribution in [0.4, 0.5) is 4.79 Å². The zero-order valence-electron chi connectivity index (χ0n) is 13.5. The topological polar surface area (TPSA) is 129 Å². The fraction of sp³-hybridized carbons (Fsp3) is 0.714. The molecule has 1 unspecified atom stereocenters. The van der Waals surface area contributed by atoms with Crippen LogP contribution in [0.25, 0.3) is 0 Å². The SMILES string of the molecule is CC(C)C(Sc1nnc(C2CCCCC2)n1N)C(=O)NC(N)=O. The van der Waals surface area contributed by atoms with E-state index in [1.54, 1.807) is 0 Å². The second-order valence-electron chi connectivity index (χ2n) is 6.18. The Balaban J connectivity index is 2.12. The van der Waals surface area contributed by atoms with Gasteiger partial charge in [0, 0.05) is 5.92 Å². The minimum atomic E-state index is -0.863. The number of thioether (sulfide) groups is 1. The van der Waals surface area contributed by atoms with Gasteiger partial charge >= 0.3 is 6.03 Å². The van der Waals surface area contributed by atoms with Crippen LogP contribution in [0.3, 0.4) is 0 Å². The summed E-state index contributed by atoms with van der Waals surface area (Å²) in [6, 6.07) is -0.863. The van der Waals surface area contributed by atoms with Crippen molar-refractivity contribution >= 4 is 23.7 Å². The predicted molar refractivity (Wildman–Crippen MR) is 88.2 cm³/mol. The van der Waals surface area contributed by atoms with Gasteiger partial charge in [0.15, 0.2) is 5.82 Å². The molecule has 1 aliphatic carbocycles. The van der Waals surface area contributed by atoms with Crippen molar-refractivity contribution in [1.82, 2.24) is 20.2 Å². The number of carbonyl (C=O) groups excluding carboxylic acids is 2. The van der Waals surface area contributed by atoms with Gasteiger partial charge in [0.25, 0.3) is 0 Å². The summed E-state index contributed by atoms with van der Waals surface area (Å²) in [7, 11) is 0. The number of carbonyl (C=O) groups is 2. The van der Waals surface area contributed by atoms with Crippen molar-refractivity contribution in [2.24, 2.45) is 11.7 Å². The number of amides is 3. The predicted octanol–water partition coefficient (Wildman–Crippen LogP) is 1.35. The molecule has 23 heavy (non-hydrogen) atoms. The maximum atomic E-state index is 12.1. The molecular weight excluding hydrogens is 316 g/mol. The number of nitrogens with one attached hydrogen (secondary N) is 1. The van der Waals surface area contributed by atoms with Gasteiger partial charge in [0.05, 0.1) is 5.25 Å². The Morgan fingerprint density at radius 1 is 1.26 bits per heavy atom. The second kappa shape index (κ2) is 7.67. The van der Waals surface area contributed by atoms with Crippen LogP contribution >= 0.6 is 11.8 Å². The van der Waals surface area contributed by atoms with Gasteiger partial charge in [-0.1, -0.05) is 44.9 Å². The molecule has 0 aliphatic heterocycles. The average molecular weight is 340 g/mol. The summed E-state index contributed by atoms with van der Waals surface area (Å²) < 4.78 is 1.48. The lowest BCUT2D eigenvalue weighted by Crippen LogP contribution is -2.42. The van der Waals surface area contributed by atoms with Gasteiger partial charge in [0.2, 0.25) is 11.1 Å². The molecule has 1 aromatic rings. The van der Waals surface area contributed by atoms with E-state index >= 15 is 0 Å². The smallest absolute Gasteiger partial charge is 0.318 e. The number of nitrogen functional groups attached to an aromatic ring is 1. The molecule has 1 aromatic heterocycles. The van der Waals surface area contributed by atoms with Gasteiger partial charge in [-0.3, -0.25) is 10.1 Å². The van der Waals surface area contributed by atoms with E-state index in [1.807, 2.05) is 13.8 Å². The molecule has 8 nitrogen and oxygen atoms in total. The fourth-order valence-corrected chi connectivity index (χ4v) is 3.77. The molecule has 1 aliphatic rings. The van der Waals surface area contributed by atoms with E-state index in [1.165, 1.54) is 35.7 Å². The lowest BCUT2D eigenvalue weighted by atomic mass is 9.89. The number of imide groups is 1. The molecule has 0 spiro atoms. The van der Waals surface area contributed by atoms with Gasteiger partial charge in [-0.15, -0.1) is 10.2 Å². The molecule has 1 fully saturated rings. The summed E-state index contributed by atoms with van der Waals surface area (Å²) in [5.74, 6) is 6.76. The first kappa shape index (κ1) is 17.6. The Morgan fingerprint density at radius 3 is 2.48 bits per heavy atom. The lowest BCUT2D eigenvalue weighted by Gasteiger charge is -2.21. The first-order valence-corrected chi connectivity index (χ1v) is 8.75. The number of hydrogen-bond acceptors (Lipinski definition) is 6. The molecule has 1 heterocycles. The van der Waals surface area contributed by atoms with Crippen LogP contribution in [0.1, 0.15) is 57.7 Å². The van der Waals surface area contributed by atoms with E-state index in [0.717, 1.165) is 18.7 Å². The molecule has 0 radical (unpaired) electrons. The van der Waals surface area contributed by atoms with E-state index in [-0.39, 0.29) is 5.92 Å². The van der Waals surface area contributed by atoms with Crippen molar-refractivity contribution in [1.29, 1.82) is 0 Å². The van der Waals surface area contributed by atoms with Crippen molar-refractivity contribution in [2.75, 3.05) is 5.84 Å². The van der Waals surface area contributed by atoms with Crippen molar-refractivity contribution in [3.05, 3.63) is 5.82 Å². The zero-order chi connectivity index (χ0) is 17.0. The quantitative estimate of drug-likeness (QED) is 0.548. The number of hydrogen-bond donors (Lipinski definition) is 3. The summed E-state index contributed by atoms with van der Waals surface area (Å²) in [6.45, 7) is 3.77. The van der Waals surface area contributed by atoms with E-state index in [4.69, 9.17) is 11.6 Å². The van der Waals surface area contributed by atoms with Crippen LogP contribution in [-0.2, 0) is 4.79 Å². The molecule has 0 saturated heterocycles. The monoisotopic (exact) mass is 340 g/mol. The minimum absolute atomic E-state index is 0.0193. The van der Waals surface area contributed by atoms with Gasteiger partial charge in [0.1, 0.15) is 0 Å². The standard InChI is InChI=1S/C14H24N6O2S/c1-8(2)10(12(21)17-13(15)22)23-14-19-18-11(20(14)16)9-6-4-3-5-7-9/h8-10H,3-7,16H2,1-2H3,(H3,15,17,21,22). The van der Waals surface area contributed by atoms with Crippen LogP contribution in [-0.4, -0.2) is 32.1 Å². The highest BCUT2D eigenvalue weighted by Crippen LogP contribution is 2.33. The molecule has 0 aromatic carbocycles. The second-order valence-corrected chi connectivity index (χ2v) is 7.29. The molecule has 128 valence electrons. The lowest BCUT2D eigenvalue weighted by molar-refractivity contribution is -0.120. The van der Waals surface area contributed by atoms with Gasteiger partial charge in [-0.2, -0.15) is 0 Å². The van der Waals surface area contributed by atoms with Crippen LogP contribution in [0.5, 0.6) is 0 Å². The summed E-state index contributed by atoms with van der Waals surface area (Å²) in [6.07, 6.45) is 5.73. The first-order valence-electron chi connectivity index (χ1n) is 7.87. The van der Waals surface area contributed by atoms with Crippen molar-refractivity contribution in [3.63, 3.8) is 0 Å². The Kier molecular flexibility index (Phi) is 5.86. The molecule has 2 rings (SSSR count). The third-order valence-electron chi connectivity index (χ3n) is 4.00. The van der Waals surface area contributed by atoms with Crippen LogP contribution in [0.15, 0.2) is 5.16 Å². The highest BCUT2D eigenvalue weighted by molar-refractivity contribution is 8.00. The number of rotatable bonds is 5. The number of primary amides is 1. The fourth-order valence-electron chi connectivity index (χ4n) is 2.81. The zero-order valence-corrected chi connectivity index (χ0v) is 14.3. The van der Waals surface area contributed by atoms with E-state index in [9.17, 15) is 9.59 Å². The number of urea groups is 1. The highest BCUT2D eigenvalue weighted by Gasteiger charge is 2.29. The van der Waals surface area contributed by atoms with Crippen LogP contribution < -0.4 is 16.9 Å². The summed E-state index contributed by atoms with van der Waals surface area (Å²) in [5.41, 5.74) is 5.02. The molecule has 9 heteroatoms. The van der Waals surface area contributed by atoms with Gasteiger partial charge in [-0.25, -0.2) is 9.47 Å². The van der Waals surface area contributed by atoms with Crippen molar-refractivity contribution in [2.45, 2.75) is 62.3 Å². The minimum Gasteiger partial charge on any atom is -0.351 e. The first-order chi connectivity index (χ1) is 10.9. The Hall–Kier alpha value is -1.77. The maximum Gasteiger partial charge on any atom is 0.318 e.